The van der Waals surface area contributed by atoms with Crippen LogP contribution < -0.4 is 0 Å². The summed E-state index contributed by atoms with van der Waals surface area (Å²) in [6.07, 6.45) is -6.95. The van der Waals surface area contributed by atoms with E-state index in [0.29, 0.717) is 28.6 Å². The molecule has 0 N–H and O–H groups in total. The molecule has 186 valence electrons. The van der Waals surface area contributed by atoms with Gasteiger partial charge in [-0.3, -0.25) is 0 Å². The largest absolute Gasteiger partial charge is 0.416 e. The summed E-state index contributed by atoms with van der Waals surface area (Å²) in [5.41, 5.74) is -2.08. The molecule has 6 nitrogen and oxygen atoms in total. The lowest BCUT2D eigenvalue weighted by atomic mass is 9.94. The van der Waals surface area contributed by atoms with Crippen LogP contribution in [0.25, 0.3) is 22.0 Å². The number of aromatic nitrogens is 2. The van der Waals surface area contributed by atoms with Crippen molar-refractivity contribution < 1.29 is 26.3 Å². The van der Waals surface area contributed by atoms with Gasteiger partial charge in [-0.15, -0.1) is 0 Å². The highest BCUT2D eigenvalue weighted by Gasteiger charge is 2.37. The Morgan fingerprint density at radius 3 is 1.83 bits per heavy atom. The predicted octanol–water partition coefficient (Wildman–Crippen LogP) is 6.09. The Hall–Kier alpha value is -3.70. The number of fused-ring (bicyclic) bond motifs is 1. The highest BCUT2D eigenvalue weighted by molar-refractivity contribution is 5.97. The number of halogens is 6. The van der Waals surface area contributed by atoms with Crippen molar-refractivity contribution in [3.05, 3.63) is 47.0 Å². The summed E-state index contributed by atoms with van der Waals surface area (Å²) >= 11 is 0. The second kappa shape index (κ2) is 9.51. The van der Waals surface area contributed by atoms with Crippen molar-refractivity contribution in [1.82, 2.24) is 19.8 Å². The Labute approximate surface area is 197 Å². The van der Waals surface area contributed by atoms with Crippen molar-refractivity contribution in [2.24, 2.45) is 9.98 Å². The van der Waals surface area contributed by atoms with Crippen LogP contribution in [0.3, 0.4) is 0 Å². The fourth-order valence-corrected chi connectivity index (χ4v) is 3.27. The Kier molecular flexibility index (Phi) is 7.04. The quantitative estimate of drug-likeness (QED) is 0.244. The molecule has 0 saturated heterocycles. The van der Waals surface area contributed by atoms with Gasteiger partial charge in [-0.2, -0.15) is 31.3 Å². The molecule has 3 rings (SSSR count). The van der Waals surface area contributed by atoms with E-state index >= 15 is 0 Å². The minimum Gasteiger partial charge on any atom is -0.369 e. The third kappa shape index (κ3) is 6.06. The van der Waals surface area contributed by atoms with E-state index in [1.54, 1.807) is 44.9 Å². The smallest absolute Gasteiger partial charge is 0.369 e. The lowest BCUT2D eigenvalue weighted by molar-refractivity contribution is -0.143. The molecular formula is C23H22F6N6. The molecule has 1 aromatic heterocycles. The molecule has 0 bridgehead atoms. The van der Waals surface area contributed by atoms with Crippen LogP contribution in [0.1, 0.15) is 16.7 Å². The first-order valence-electron chi connectivity index (χ1n) is 10.2. The van der Waals surface area contributed by atoms with Gasteiger partial charge in [-0.1, -0.05) is 6.07 Å². The maximum Gasteiger partial charge on any atom is 0.416 e. The molecule has 0 amide bonds. The van der Waals surface area contributed by atoms with E-state index in [-0.39, 0.29) is 29.0 Å². The van der Waals surface area contributed by atoms with Crippen molar-refractivity contribution >= 4 is 35.3 Å². The molecule has 0 saturated carbocycles. The molecule has 0 atom stereocenters. The second-order valence-electron chi connectivity index (χ2n) is 8.19. The van der Waals surface area contributed by atoms with Gasteiger partial charge in [0.1, 0.15) is 0 Å². The number of aryl methyl sites for hydroxylation is 1. The molecular weight excluding hydrogens is 474 g/mol. The van der Waals surface area contributed by atoms with Gasteiger partial charge in [0, 0.05) is 33.6 Å². The van der Waals surface area contributed by atoms with Gasteiger partial charge in [-0.05, 0) is 47.9 Å². The van der Waals surface area contributed by atoms with Crippen LogP contribution in [0.15, 0.2) is 40.3 Å². The predicted molar refractivity (Wildman–Crippen MR) is 123 cm³/mol. The summed E-state index contributed by atoms with van der Waals surface area (Å²) in [4.78, 5) is 20.5. The molecule has 1 heterocycles. The van der Waals surface area contributed by atoms with E-state index < -0.39 is 23.5 Å². The number of hydrogen-bond acceptors (Lipinski definition) is 4. The second-order valence-corrected chi connectivity index (χ2v) is 8.19. The Morgan fingerprint density at radius 2 is 1.31 bits per heavy atom. The number of nitrogens with zero attached hydrogens (tertiary/aromatic N) is 6. The lowest BCUT2D eigenvalue weighted by Crippen LogP contribution is -2.11. The van der Waals surface area contributed by atoms with E-state index in [1.165, 1.54) is 24.8 Å². The Balaban J connectivity index is 2.31. The van der Waals surface area contributed by atoms with Crippen molar-refractivity contribution in [2.75, 3.05) is 28.2 Å². The average Bonchev–Trinajstić information content (AvgIpc) is 2.74. The van der Waals surface area contributed by atoms with E-state index in [0.717, 1.165) is 0 Å². The standard InChI is InChI=1S/C23H22F6N6/c1-13-17(14-8-15(22(24,25)26)10-16(9-14)23(27,28)29)6-7-18-19(13)20(30-11-34(2)3)33-21(32-18)31-12-35(4)5/h6-12H,1-5H3/b30-11+,31-12+. The van der Waals surface area contributed by atoms with Gasteiger partial charge in [0.05, 0.1) is 29.3 Å². The van der Waals surface area contributed by atoms with Gasteiger partial charge in [-0.25, -0.2) is 15.0 Å². The minimum absolute atomic E-state index is 0.0997. The highest BCUT2D eigenvalue weighted by Crippen LogP contribution is 2.41. The number of rotatable bonds is 5. The zero-order valence-electron chi connectivity index (χ0n) is 19.5. The van der Waals surface area contributed by atoms with Gasteiger partial charge in [0.15, 0.2) is 5.82 Å². The first-order chi connectivity index (χ1) is 16.2. The number of hydrogen-bond donors (Lipinski definition) is 0. The Morgan fingerprint density at radius 1 is 0.771 bits per heavy atom. The number of alkyl halides is 6. The van der Waals surface area contributed by atoms with Crippen LogP contribution in [0.4, 0.5) is 38.1 Å². The molecule has 3 aromatic rings. The first-order valence-corrected chi connectivity index (χ1v) is 10.2. The minimum atomic E-state index is -4.95. The van der Waals surface area contributed by atoms with Gasteiger partial charge >= 0.3 is 12.4 Å². The Bertz CT molecular complexity index is 1260. The third-order valence-corrected chi connectivity index (χ3v) is 4.81. The van der Waals surface area contributed by atoms with E-state index in [9.17, 15) is 26.3 Å². The van der Waals surface area contributed by atoms with Crippen molar-refractivity contribution in [3.8, 4) is 11.1 Å². The van der Waals surface area contributed by atoms with Crippen LogP contribution in [-0.4, -0.2) is 60.6 Å². The molecule has 0 spiro atoms. The van der Waals surface area contributed by atoms with Gasteiger partial charge < -0.3 is 9.80 Å². The normalized spacial score (nSPS) is 12.8. The van der Waals surface area contributed by atoms with Crippen LogP contribution in [0.5, 0.6) is 0 Å². The maximum atomic E-state index is 13.4. The van der Waals surface area contributed by atoms with Crippen molar-refractivity contribution in [3.63, 3.8) is 0 Å². The molecule has 2 aromatic carbocycles. The van der Waals surface area contributed by atoms with Crippen LogP contribution in [0, 0.1) is 6.92 Å². The number of benzene rings is 2. The highest BCUT2D eigenvalue weighted by atomic mass is 19.4. The summed E-state index contributed by atoms with van der Waals surface area (Å²) < 4.78 is 80.3. The third-order valence-electron chi connectivity index (χ3n) is 4.81. The SMILES string of the molecule is Cc1c(-c2cc(C(F)(F)F)cc(C(F)(F)F)c2)ccc2nc(/N=C/N(C)C)nc(/N=C/N(C)C)c12. The zero-order valence-corrected chi connectivity index (χ0v) is 19.5. The first kappa shape index (κ1) is 25.9. The summed E-state index contributed by atoms with van der Waals surface area (Å²) in [5, 5.41) is 0.385. The fourth-order valence-electron chi connectivity index (χ4n) is 3.27. The lowest BCUT2D eigenvalue weighted by Gasteiger charge is -2.16. The number of aliphatic imine (C=N–C) groups is 2. The fraction of sp³-hybridized carbons (Fsp3) is 0.304. The molecule has 35 heavy (non-hydrogen) atoms. The summed E-state index contributed by atoms with van der Waals surface area (Å²) in [6.45, 7) is 1.58. The molecule has 0 aliphatic carbocycles. The summed E-state index contributed by atoms with van der Waals surface area (Å²) in [6, 6.07) is 4.42. The average molecular weight is 496 g/mol. The van der Waals surface area contributed by atoms with Crippen LogP contribution in [-0.2, 0) is 12.4 Å². The van der Waals surface area contributed by atoms with Crippen LogP contribution in [0.2, 0.25) is 0 Å². The van der Waals surface area contributed by atoms with Gasteiger partial charge in [0.25, 0.3) is 5.95 Å². The topological polar surface area (TPSA) is 57.0 Å². The summed E-state index contributed by atoms with van der Waals surface area (Å²) in [7, 11) is 6.99. The molecule has 12 heteroatoms. The van der Waals surface area contributed by atoms with E-state index in [4.69, 9.17) is 0 Å². The van der Waals surface area contributed by atoms with Crippen molar-refractivity contribution in [1.29, 1.82) is 0 Å². The monoisotopic (exact) mass is 496 g/mol. The van der Waals surface area contributed by atoms with E-state index in [2.05, 4.69) is 20.0 Å². The van der Waals surface area contributed by atoms with E-state index in [1.807, 2.05) is 0 Å². The van der Waals surface area contributed by atoms with Crippen LogP contribution >= 0.6 is 0 Å². The molecule has 0 radical (unpaired) electrons. The molecule has 0 fully saturated rings. The maximum absolute atomic E-state index is 13.4. The zero-order chi connectivity index (χ0) is 26.1. The summed E-state index contributed by atoms with van der Waals surface area (Å²) in [5.74, 6) is 0.277. The van der Waals surface area contributed by atoms with Crippen molar-refractivity contribution in [2.45, 2.75) is 19.3 Å². The molecule has 0 aliphatic heterocycles. The molecule has 0 unspecified atom stereocenters. The molecule has 0 aliphatic rings. The van der Waals surface area contributed by atoms with Gasteiger partial charge in [0.2, 0.25) is 0 Å².